The number of carbonyl (C=O) groups is 1. The Labute approximate surface area is 140 Å². The lowest BCUT2D eigenvalue weighted by Crippen LogP contribution is -2.14. The van der Waals surface area contributed by atoms with Crippen molar-refractivity contribution in [3.63, 3.8) is 0 Å². The largest absolute Gasteiger partial charge is 0.300 e. The zero-order valence-electron chi connectivity index (χ0n) is 12.1. The van der Waals surface area contributed by atoms with Gasteiger partial charge in [-0.25, -0.2) is 0 Å². The molecule has 1 amide bonds. The van der Waals surface area contributed by atoms with Crippen molar-refractivity contribution >= 4 is 34.1 Å². The quantitative estimate of drug-likeness (QED) is 0.710. The Bertz CT molecular complexity index is 791. The van der Waals surface area contributed by atoms with Crippen LogP contribution in [0, 0.1) is 6.92 Å². The van der Waals surface area contributed by atoms with Gasteiger partial charge < -0.3 is 0 Å². The predicted molar refractivity (Wildman–Crippen MR) is 89.3 cm³/mol. The number of pyridine rings is 1. The molecule has 0 spiro atoms. The topological polar surface area (TPSA) is 93.6 Å². The number of carbonyl (C=O) groups excluding carboxylic acids is 1. The van der Waals surface area contributed by atoms with Gasteiger partial charge in [0.05, 0.1) is 11.4 Å². The fourth-order valence-corrected chi connectivity index (χ4v) is 2.94. The van der Waals surface area contributed by atoms with Crippen molar-refractivity contribution in [2.24, 2.45) is 0 Å². The summed E-state index contributed by atoms with van der Waals surface area (Å²) >= 11 is 2.66. The molecule has 3 aromatic rings. The van der Waals surface area contributed by atoms with Crippen LogP contribution in [0.25, 0.3) is 11.3 Å². The highest BCUT2D eigenvalue weighted by Crippen LogP contribution is 2.20. The first-order chi connectivity index (χ1) is 11.2. The average Bonchev–Trinajstić information content (AvgIpc) is 2.99. The number of nitrogens with one attached hydrogen (secondary N) is 1. The van der Waals surface area contributed by atoms with Crippen molar-refractivity contribution in [2.45, 2.75) is 11.9 Å². The number of amides is 1. The molecule has 7 nitrogen and oxygen atoms in total. The summed E-state index contributed by atoms with van der Waals surface area (Å²) in [5.74, 6) is 0.0909. The Kier molecular flexibility index (Phi) is 4.89. The zero-order valence-corrected chi connectivity index (χ0v) is 13.8. The molecule has 0 aliphatic heterocycles. The number of hydrogen-bond donors (Lipinski definition) is 1. The number of thioether (sulfide) groups is 1. The van der Waals surface area contributed by atoms with Gasteiger partial charge in [0.2, 0.25) is 11.0 Å². The van der Waals surface area contributed by atoms with Crippen molar-refractivity contribution in [1.29, 1.82) is 0 Å². The van der Waals surface area contributed by atoms with Crippen LogP contribution in [0.4, 0.5) is 5.13 Å². The summed E-state index contributed by atoms with van der Waals surface area (Å²) in [7, 11) is 0. The van der Waals surface area contributed by atoms with E-state index in [1.807, 2.05) is 31.2 Å². The summed E-state index contributed by atoms with van der Waals surface area (Å²) < 4.78 is 0. The van der Waals surface area contributed by atoms with Crippen LogP contribution in [-0.2, 0) is 4.79 Å². The van der Waals surface area contributed by atoms with E-state index in [4.69, 9.17) is 0 Å². The molecule has 3 rings (SSSR count). The monoisotopic (exact) mass is 344 g/mol. The molecule has 0 aliphatic rings. The fourth-order valence-electron chi connectivity index (χ4n) is 1.72. The van der Waals surface area contributed by atoms with Gasteiger partial charge in [0.1, 0.15) is 10.0 Å². The first-order valence-electron chi connectivity index (χ1n) is 6.67. The van der Waals surface area contributed by atoms with Gasteiger partial charge in [0.15, 0.2) is 0 Å². The molecule has 0 radical (unpaired) electrons. The minimum absolute atomic E-state index is 0.147. The van der Waals surface area contributed by atoms with E-state index < -0.39 is 0 Å². The standard InChI is InChI=1S/C14H12N6OS2/c1-9-17-20-14(23-9)16-12(21)8-22-13-3-2-11(18-19-13)10-4-6-15-7-5-10/h2-7H,8H2,1H3,(H,16,20,21). The lowest BCUT2D eigenvalue weighted by atomic mass is 10.2. The molecule has 9 heteroatoms. The summed E-state index contributed by atoms with van der Waals surface area (Å²) in [6.45, 7) is 1.84. The third-order valence-corrected chi connectivity index (χ3v) is 4.41. The summed E-state index contributed by atoms with van der Waals surface area (Å²) in [6.07, 6.45) is 3.42. The maximum absolute atomic E-state index is 11.8. The molecule has 3 aromatic heterocycles. The van der Waals surface area contributed by atoms with Gasteiger partial charge in [0, 0.05) is 18.0 Å². The van der Waals surface area contributed by atoms with E-state index in [2.05, 4.69) is 30.7 Å². The molecule has 1 N–H and O–H groups in total. The Hall–Kier alpha value is -2.39. The van der Waals surface area contributed by atoms with E-state index >= 15 is 0 Å². The lowest BCUT2D eigenvalue weighted by Gasteiger charge is -2.02. The lowest BCUT2D eigenvalue weighted by molar-refractivity contribution is -0.113. The second kappa shape index (κ2) is 7.25. The molecule has 0 unspecified atom stereocenters. The molecule has 0 aliphatic carbocycles. The molecule has 0 saturated heterocycles. The van der Waals surface area contributed by atoms with Gasteiger partial charge in [-0.05, 0) is 31.2 Å². The SMILES string of the molecule is Cc1nnc(NC(=O)CSc2ccc(-c3ccncc3)nn2)s1. The number of anilines is 1. The first kappa shape index (κ1) is 15.5. The number of nitrogens with zero attached hydrogens (tertiary/aromatic N) is 5. The Morgan fingerprint density at radius 3 is 2.61 bits per heavy atom. The van der Waals surface area contributed by atoms with Crippen LogP contribution in [0.2, 0.25) is 0 Å². The fraction of sp³-hybridized carbons (Fsp3) is 0.143. The Morgan fingerprint density at radius 2 is 1.96 bits per heavy atom. The van der Waals surface area contributed by atoms with Gasteiger partial charge in [-0.3, -0.25) is 15.1 Å². The van der Waals surface area contributed by atoms with E-state index in [-0.39, 0.29) is 11.7 Å². The van der Waals surface area contributed by atoms with Crippen LogP contribution >= 0.6 is 23.1 Å². The Morgan fingerprint density at radius 1 is 1.13 bits per heavy atom. The second-order valence-electron chi connectivity index (χ2n) is 4.46. The van der Waals surface area contributed by atoms with Crippen LogP contribution in [0.1, 0.15) is 5.01 Å². The summed E-state index contributed by atoms with van der Waals surface area (Å²) in [6, 6.07) is 7.45. The minimum atomic E-state index is -0.147. The second-order valence-corrected chi connectivity index (χ2v) is 6.63. The van der Waals surface area contributed by atoms with Crippen molar-refractivity contribution in [3.05, 3.63) is 41.7 Å². The van der Waals surface area contributed by atoms with Crippen molar-refractivity contribution < 1.29 is 4.79 Å². The Balaban J connectivity index is 1.55. The van der Waals surface area contributed by atoms with E-state index in [1.165, 1.54) is 23.1 Å². The summed E-state index contributed by atoms with van der Waals surface area (Å²) in [5.41, 5.74) is 1.72. The van der Waals surface area contributed by atoms with Crippen molar-refractivity contribution in [3.8, 4) is 11.3 Å². The molecular formula is C14H12N6OS2. The molecule has 0 atom stereocenters. The maximum atomic E-state index is 11.8. The third kappa shape index (κ3) is 4.30. The third-order valence-electron chi connectivity index (χ3n) is 2.74. The molecular weight excluding hydrogens is 332 g/mol. The average molecular weight is 344 g/mol. The first-order valence-corrected chi connectivity index (χ1v) is 8.48. The molecule has 0 aromatic carbocycles. The van der Waals surface area contributed by atoms with Crippen LogP contribution in [0.3, 0.4) is 0 Å². The highest BCUT2D eigenvalue weighted by atomic mass is 32.2. The summed E-state index contributed by atoms with van der Waals surface area (Å²) in [4.78, 5) is 15.8. The highest BCUT2D eigenvalue weighted by molar-refractivity contribution is 7.99. The molecule has 23 heavy (non-hydrogen) atoms. The van der Waals surface area contributed by atoms with Crippen LogP contribution in [0.15, 0.2) is 41.7 Å². The van der Waals surface area contributed by atoms with Gasteiger partial charge in [-0.15, -0.1) is 20.4 Å². The molecule has 3 heterocycles. The number of rotatable bonds is 5. The molecule has 0 fully saturated rings. The minimum Gasteiger partial charge on any atom is -0.300 e. The number of aromatic nitrogens is 5. The van der Waals surface area contributed by atoms with Crippen molar-refractivity contribution in [2.75, 3.05) is 11.1 Å². The predicted octanol–water partition coefficient (Wildman–Crippen LogP) is 2.43. The number of hydrogen-bond acceptors (Lipinski definition) is 8. The van der Waals surface area contributed by atoms with Crippen molar-refractivity contribution in [1.82, 2.24) is 25.4 Å². The molecule has 116 valence electrons. The van der Waals surface area contributed by atoms with Gasteiger partial charge >= 0.3 is 0 Å². The molecule has 0 bridgehead atoms. The smallest absolute Gasteiger partial charge is 0.236 e. The van der Waals surface area contributed by atoms with Crippen LogP contribution in [-0.4, -0.2) is 37.0 Å². The van der Waals surface area contributed by atoms with E-state index in [0.29, 0.717) is 10.2 Å². The van der Waals surface area contributed by atoms with Crippen LogP contribution < -0.4 is 5.32 Å². The van der Waals surface area contributed by atoms with E-state index in [9.17, 15) is 4.79 Å². The van der Waals surface area contributed by atoms with Gasteiger partial charge in [-0.2, -0.15) is 0 Å². The van der Waals surface area contributed by atoms with Crippen LogP contribution in [0.5, 0.6) is 0 Å². The van der Waals surface area contributed by atoms with Gasteiger partial charge in [0.25, 0.3) is 0 Å². The van der Waals surface area contributed by atoms with E-state index in [1.54, 1.807) is 12.4 Å². The highest BCUT2D eigenvalue weighted by Gasteiger charge is 2.08. The zero-order chi connectivity index (χ0) is 16.1. The molecule has 0 saturated carbocycles. The normalized spacial score (nSPS) is 10.5. The van der Waals surface area contributed by atoms with Gasteiger partial charge in [-0.1, -0.05) is 23.1 Å². The number of aryl methyl sites for hydroxylation is 1. The summed E-state index contributed by atoms with van der Waals surface area (Å²) in [5, 5.41) is 20.7. The maximum Gasteiger partial charge on any atom is 0.236 e. The van der Waals surface area contributed by atoms with E-state index in [0.717, 1.165) is 16.3 Å².